The molecule has 1 atom stereocenters. The van der Waals surface area contributed by atoms with Gasteiger partial charge in [-0.3, -0.25) is 0 Å². The molecule has 0 heterocycles. The number of hydrogen-bond acceptors (Lipinski definition) is 2. The lowest BCUT2D eigenvalue weighted by molar-refractivity contribution is 0.601. The molecule has 1 aromatic carbocycles. The molecule has 0 spiro atoms. The second-order valence-electron chi connectivity index (χ2n) is 3.25. The summed E-state index contributed by atoms with van der Waals surface area (Å²) in [6, 6.07) is 3.66. The predicted molar refractivity (Wildman–Crippen MR) is 69.7 cm³/mol. The lowest BCUT2D eigenvalue weighted by Gasteiger charge is -2.07. The van der Waals surface area contributed by atoms with Crippen molar-refractivity contribution in [2.45, 2.75) is 32.6 Å². The van der Waals surface area contributed by atoms with Crippen molar-refractivity contribution in [1.29, 1.82) is 0 Å². The van der Waals surface area contributed by atoms with E-state index in [1.165, 1.54) is 6.26 Å². The number of aryl methyl sites for hydroxylation is 1. The third-order valence-corrected chi connectivity index (χ3v) is 3.77. The van der Waals surface area contributed by atoms with E-state index in [1.54, 1.807) is 6.07 Å². The van der Waals surface area contributed by atoms with Crippen LogP contribution in [0.5, 0.6) is 0 Å². The van der Waals surface area contributed by atoms with E-state index in [0.717, 1.165) is 16.4 Å². The van der Waals surface area contributed by atoms with Crippen molar-refractivity contribution in [2.24, 2.45) is 0 Å². The molecule has 2 nitrogen and oxygen atoms in total. The SMILES string of the molecule is CC.Cc1cc(P)c(C)c(S(C)(=O)=O)c1. The van der Waals surface area contributed by atoms with Crippen molar-refractivity contribution < 1.29 is 8.42 Å². The minimum absolute atomic E-state index is 0.428. The molecular weight excluding hydrogens is 227 g/mol. The van der Waals surface area contributed by atoms with E-state index in [0.29, 0.717) is 4.90 Å². The highest BCUT2D eigenvalue weighted by atomic mass is 32.2. The molecule has 0 aliphatic rings. The zero-order valence-electron chi connectivity index (χ0n) is 9.96. The second-order valence-corrected chi connectivity index (χ2v) is 5.86. The third-order valence-electron chi connectivity index (χ3n) is 1.94. The molecule has 1 unspecified atom stereocenters. The molecule has 0 aromatic heterocycles. The highest BCUT2D eigenvalue weighted by Crippen LogP contribution is 2.16. The molecule has 4 heteroatoms. The van der Waals surface area contributed by atoms with Crippen LogP contribution in [0.3, 0.4) is 0 Å². The zero-order valence-corrected chi connectivity index (χ0v) is 11.9. The van der Waals surface area contributed by atoms with E-state index in [1.807, 2.05) is 33.8 Å². The molecule has 86 valence electrons. The highest BCUT2D eigenvalue weighted by Gasteiger charge is 2.12. The van der Waals surface area contributed by atoms with E-state index in [9.17, 15) is 8.42 Å². The van der Waals surface area contributed by atoms with Crippen LogP contribution in [0.4, 0.5) is 0 Å². The van der Waals surface area contributed by atoms with Crippen LogP contribution in [-0.4, -0.2) is 14.7 Å². The molecule has 0 N–H and O–H groups in total. The Morgan fingerprint density at radius 2 is 1.60 bits per heavy atom. The molecule has 0 aliphatic heterocycles. The van der Waals surface area contributed by atoms with Crippen LogP contribution < -0.4 is 5.30 Å². The lowest BCUT2D eigenvalue weighted by Crippen LogP contribution is -2.08. The first kappa shape index (κ1) is 14.6. The number of rotatable bonds is 1. The van der Waals surface area contributed by atoms with Gasteiger partial charge in [0, 0.05) is 6.26 Å². The maximum Gasteiger partial charge on any atom is 0.175 e. The predicted octanol–water partition coefficient (Wildman–Crippen LogP) is 2.23. The monoisotopic (exact) mass is 246 g/mol. The fourth-order valence-electron chi connectivity index (χ4n) is 1.24. The molecule has 0 bridgehead atoms. The van der Waals surface area contributed by atoms with E-state index in [2.05, 4.69) is 9.24 Å². The summed E-state index contributed by atoms with van der Waals surface area (Å²) in [5.41, 5.74) is 1.79. The summed E-state index contributed by atoms with van der Waals surface area (Å²) >= 11 is 0. The van der Waals surface area contributed by atoms with Gasteiger partial charge < -0.3 is 0 Å². The highest BCUT2D eigenvalue weighted by molar-refractivity contribution is 7.90. The van der Waals surface area contributed by atoms with Gasteiger partial charge in [-0.1, -0.05) is 19.9 Å². The third kappa shape index (κ3) is 3.92. The molecule has 0 amide bonds. The molecule has 0 saturated heterocycles. The van der Waals surface area contributed by atoms with Crippen LogP contribution >= 0.6 is 9.24 Å². The molecule has 1 aromatic rings. The fourth-order valence-corrected chi connectivity index (χ4v) is 2.83. The summed E-state index contributed by atoms with van der Waals surface area (Å²) in [7, 11) is -0.543. The van der Waals surface area contributed by atoms with Crippen molar-refractivity contribution in [3.8, 4) is 0 Å². The Bertz CT molecular complexity index is 436. The maximum atomic E-state index is 11.3. The molecule has 15 heavy (non-hydrogen) atoms. The molecular formula is C11H19O2PS. The Morgan fingerprint density at radius 1 is 1.13 bits per heavy atom. The van der Waals surface area contributed by atoms with E-state index < -0.39 is 9.84 Å². The van der Waals surface area contributed by atoms with Gasteiger partial charge in [0.25, 0.3) is 0 Å². The van der Waals surface area contributed by atoms with Crippen LogP contribution in [0.25, 0.3) is 0 Å². The van der Waals surface area contributed by atoms with Gasteiger partial charge in [-0.05, 0) is 36.3 Å². The Hall–Kier alpha value is -0.400. The van der Waals surface area contributed by atoms with Crippen molar-refractivity contribution in [3.05, 3.63) is 23.3 Å². The van der Waals surface area contributed by atoms with Crippen LogP contribution in [0, 0.1) is 13.8 Å². The van der Waals surface area contributed by atoms with Gasteiger partial charge >= 0.3 is 0 Å². The number of hydrogen-bond donors (Lipinski definition) is 0. The summed E-state index contributed by atoms with van der Waals surface area (Å²) in [6.07, 6.45) is 1.23. The smallest absolute Gasteiger partial charge is 0.175 e. The minimum atomic E-state index is -3.09. The van der Waals surface area contributed by atoms with Gasteiger partial charge in [0.05, 0.1) is 4.90 Å². The van der Waals surface area contributed by atoms with Gasteiger partial charge in [0.15, 0.2) is 9.84 Å². The number of benzene rings is 1. The van der Waals surface area contributed by atoms with Crippen LogP contribution in [0.2, 0.25) is 0 Å². The zero-order chi connectivity index (χ0) is 12.2. The van der Waals surface area contributed by atoms with E-state index in [-0.39, 0.29) is 0 Å². The molecule has 0 radical (unpaired) electrons. The molecule has 0 aliphatic carbocycles. The van der Waals surface area contributed by atoms with Gasteiger partial charge in [0.1, 0.15) is 0 Å². The topological polar surface area (TPSA) is 34.1 Å². The van der Waals surface area contributed by atoms with Gasteiger partial charge in [-0.15, -0.1) is 9.24 Å². The Balaban J connectivity index is 0.000000921. The van der Waals surface area contributed by atoms with Gasteiger partial charge in [0.2, 0.25) is 0 Å². The van der Waals surface area contributed by atoms with E-state index >= 15 is 0 Å². The normalized spacial score (nSPS) is 10.5. The van der Waals surface area contributed by atoms with Crippen molar-refractivity contribution >= 4 is 24.4 Å². The van der Waals surface area contributed by atoms with Crippen LogP contribution in [-0.2, 0) is 9.84 Å². The van der Waals surface area contributed by atoms with E-state index in [4.69, 9.17) is 0 Å². The summed E-state index contributed by atoms with van der Waals surface area (Å²) < 4.78 is 22.7. The van der Waals surface area contributed by atoms with Crippen molar-refractivity contribution in [2.75, 3.05) is 6.26 Å². The van der Waals surface area contributed by atoms with Crippen molar-refractivity contribution in [3.63, 3.8) is 0 Å². The second kappa shape index (κ2) is 5.62. The first-order valence-corrected chi connectivity index (χ1v) is 7.36. The summed E-state index contributed by atoms with van der Waals surface area (Å²) in [4.78, 5) is 0.428. The quantitative estimate of drug-likeness (QED) is 0.712. The fraction of sp³-hybridized carbons (Fsp3) is 0.455. The Kier molecular flexibility index (Phi) is 5.47. The Labute approximate surface area is 95.2 Å². The summed E-state index contributed by atoms with van der Waals surface area (Å²) in [5, 5.41) is 0.945. The first-order chi connectivity index (χ1) is 6.82. The summed E-state index contributed by atoms with van der Waals surface area (Å²) in [5.74, 6) is 0. The summed E-state index contributed by atoms with van der Waals surface area (Å²) in [6.45, 7) is 7.71. The molecule has 0 saturated carbocycles. The lowest BCUT2D eigenvalue weighted by atomic mass is 10.2. The van der Waals surface area contributed by atoms with Gasteiger partial charge in [-0.2, -0.15) is 0 Å². The average molecular weight is 246 g/mol. The average Bonchev–Trinajstić information content (AvgIpc) is 2.13. The van der Waals surface area contributed by atoms with Crippen LogP contribution in [0.1, 0.15) is 25.0 Å². The largest absolute Gasteiger partial charge is 0.224 e. The number of sulfone groups is 1. The standard InChI is InChI=1S/C9H13O2PS.C2H6/c1-6-4-8(12)7(2)9(5-6)13(3,10)11;1-2/h4-5H,12H2,1-3H3;1-2H3. The molecule has 1 rings (SSSR count). The Morgan fingerprint density at radius 3 is 2.00 bits per heavy atom. The first-order valence-electron chi connectivity index (χ1n) is 4.89. The molecule has 0 fully saturated rings. The minimum Gasteiger partial charge on any atom is -0.224 e. The van der Waals surface area contributed by atoms with Gasteiger partial charge in [-0.25, -0.2) is 8.42 Å². The van der Waals surface area contributed by atoms with Crippen molar-refractivity contribution in [1.82, 2.24) is 0 Å². The maximum absolute atomic E-state index is 11.3. The van der Waals surface area contributed by atoms with Crippen LogP contribution in [0.15, 0.2) is 17.0 Å².